The highest BCUT2D eigenvalue weighted by molar-refractivity contribution is 6.05. The molecule has 7 heteroatoms. The Bertz CT molecular complexity index is 1090. The minimum atomic E-state index is -0.0201. The van der Waals surface area contributed by atoms with Crippen LogP contribution in [0.5, 0.6) is 5.75 Å². The smallest absolute Gasteiger partial charge is 0.277 e. The molecule has 25 heavy (non-hydrogen) atoms. The average Bonchev–Trinajstić information content (AvgIpc) is 3.24. The van der Waals surface area contributed by atoms with Crippen LogP contribution in [0.2, 0.25) is 0 Å². The average molecular weight is 337 g/mol. The minimum absolute atomic E-state index is 0.0201. The Kier molecular flexibility index (Phi) is 3.76. The lowest BCUT2D eigenvalue weighted by Gasteiger charge is -2.06. The van der Waals surface area contributed by atoms with Crippen molar-refractivity contribution in [2.75, 3.05) is 7.11 Å². The van der Waals surface area contributed by atoms with Gasteiger partial charge in [0, 0.05) is 37.9 Å². The number of hydrogen-bond acceptors (Lipinski definition) is 4. The van der Waals surface area contributed by atoms with Crippen molar-refractivity contribution < 1.29 is 4.74 Å². The van der Waals surface area contributed by atoms with Crippen LogP contribution < -0.4 is 10.3 Å². The Labute approximate surface area is 144 Å². The molecule has 7 nitrogen and oxygen atoms in total. The Hall–Kier alpha value is -3.09. The maximum atomic E-state index is 12.9. The van der Waals surface area contributed by atoms with Gasteiger partial charge in [-0.25, -0.2) is 9.97 Å². The Balaban J connectivity index is 1.73. The summed E-state index contributed by atoms with van der Waals surface area (Å²) in [7, 11) is 3.53. The molecular weight excluding hydrogens is 318 g/mol. The Morgan fingerprint density at radius 3 is 2.84 bits per heavy atom. The fraction of sp³-hybridized carbons (Fsp3) is 0.278. The number of benzene rings is 1. The molecule has 0 bridgehead atoms. The first-order chi connectivity index (χ1) is 12.2. The molecule has 0 aliphatic rings. The lowest BCUT2D eigenvalue weighted by Crippen LogP contribution is -2.22. The van der Waals surface area contributed by atoms with E-state index in [1.165, 1.54) is 0 Å². The van der Waals surface area contributed by atoms with Crippen LogP contribution in [0, 0.1) is 0 Å². The van der Waals surface area contributed by atoms with Crippen molar-refractivity contribution in [2.45, 2.75) is 19.5 Å². The second-order valence-corrected chi connectivity index (χ2v) is 6.04. The van der Waals surface area contributed by atoms with Crippen molar-refractivity contribution in [3.8, 4) is 5.75 Å². The molecule has 0 unspecified atom stereocenters. The summed E-state index contributed by atoms with van der Waals surface area (Å²) in [5.74, 6) is 0.756. The fourth-order valence-corrected chi connectivity index (χ4v) is 3.22. The van der Waals surface area contributed by atoms with Crippen LogP contribution in [0.1, 0.15) is 6.42 Å². The van der Waals surface area contributed by atoms with Crippen molar-refractivity contribution in [2.24, 2.45) is 7.05 Å². The van der Waals surface area contributed by atoms with E-state index in [-0.39, 0.29) is 5.56 Å². The molecule has 0 saturated carbocycles. The van der Waals surface area contributed by atoms with E-state index in [0.717, 1.165) is 29.6 Å². The number of aromatic nitrogens is 5. The first-order valence-corrected chi connectivity index (χ1v) is 8.16. The van der Waals surface area contributed by atoms with Crippen molar-refractivity contribution in [3.05, 3.63) is 53.6 Å². The summed E-state index contributed by atoms with van der Waals surface area (Å²) >= 11 is 0. The molecule has 3 aromatic heterocycles. The van der Waals surface area contributed by atoms with Crippen molar-refractivity contribution >= 4 is 21.9 Å². The predicted octanol–water partition coefficient (Wildman–Crippen LogP) is 2.18. The van der Waals surface area contributed by atoms with Gasteiger partial charge >= 0.3 is 0 Å². The zero-order valence-corrected chi connectivity index (χ0v) is 14.2. The number of rotatable bonds is 5. The first-order valence-electron chi connectivity index (χ1n) is 8.16. The summed E-state index contributed by atoms with van der Waals surface area (Å²) < 4.78 is 10.9. The van der Waals surface area contributed by atoms with Gasteiger partial charge in [-0.05, 0) is 24.6 Å². The fourth-order valence-electron chi connectivity index (χ4n) is 3.22. The summed E-state index contributed by atoms with van der Waals surface area (Å²) in [6, 6.07) is 5.77. The number of fused-ring (bicyclic) bond motifs is 3. The van der Waals surface area contributed by atoms with Gasteiger partial charge in [-0.15, -0.1) is 0 Å². The maximum Gasteiger partial charge on any atom is 0.277 e. The molecule has 0 fully saturated rings. The molecule has 1 aromatic carbocycles. The van der Waals surface area contributed by atoms with Crippen molar-refractivity contribution in [3.63, 3.8) is 0 Å². The van der Waals surface area contributed by atoms with Gasteiger partial charge < -0.3 is 13.9 Å². The zero-order valence-electron chi connectivity index (χ0n) is 14.2. The number of imidazole rings is 1. The lowest BCUT2D eigenvalue weighted by atomic mass is 10.2. The van der Waals surface area contributed by atoms with E-state index in [2.05, 4.69) is 9.97 Å². The van der Waals surface area contributed by atoms with Crippen LogP contribution in [-0.2, 0) is 20.1 Å². The highest BCUT2D eigenvalue weighted by Crippen LogP contribution is 2.27. The van der Waals surface area contributed by atoms with E-state index < -0.39 is 0 Å². The second-order valence-electron chi connectivity index (χ2n) is 6.04. The number of hydrogen-bond donors (Lipinski definition) is 0. The van der Waals surface area contributed by atoms with Gasteiger partial charge in [-0.3, -0.25) is 9.36 Å². The van der Waals surface area contributed by atoms with Gasteiger partial charge in [0.25, 0.3) is 5.56 Å². The number of ether oxygens (including phenoxy) is 1. The molecular formula is C18H19N5O2. The van der Waals surface area contributed by atoms with Crippen molar-refractivity contribution in [1.29, 1.82) is 0 Å². The van der Waals surface area contributed by atoms with Crippen LogP contribution in [0.25, 0.3) is 21.9 Å². The summed E-state index contributed by atoms with van der Waals surface area (Å²) in [5.41, 5.74) is 2.28. The molecule has 0 N–H and O–H groups in total. The van der Waals surface area contributed by atoms with Crippen LogP contribution in [0.3, 0.4) is 0 Å². The summed E-state index contributed by atoms with van der Waals surface area (Å²) in [6.07, 6.45) is 7.92. The molecule has 0 aliphatic heterocycles. The third-order valence-corrected chi connectivity index (χ3v) is 4.54. The lowest BCUT2D eigenvalue weighted by molar-refractivity contribution is 0.415. The highest BCUT2D eigenvalue weighted by Gasteiger charge is 2.14. The van der Waals surface area contributed by atoms with Gasteiger partial charge in [0.15, 0.2) is 0 Å². The number of methoxy groups -OCH3 is 1. The van der Waals surface area contributed by atoms with E-state index in [0.29, 0.717) is 17.6 Å². The van der Waals surface area contributed by atoms with Gasteiger partial charge in [0.2, 0.25) is 0 Å². The van der Waals surface area contributed by atoms with Crippen LogP contribution >= 0.6 is 0 Å². The van der Waals surface area contributed by atoms with E-state index >= 15 is 0 Å². The quantitative estimate of drug-likeness (QED) is 0.560. The number of nitrogens with zero attached hydrogens (tertiary/aromatic N) is 5. The summed E-state index contributed by atoms with van der Waals surface area (Å²) in [5, 5.41) is 0.930. The third kappa shape index (κ3) is 2.57. The summed E-state index contributed by atoms with van der Waals surface area (Å²) in [4.78, 5) is 21.5. The zero-order chi connectivity index (χ0) is 17.4. The van der Waals surface area contributed by atoms with Crippen molar-refractivity contribution in [1.82, 2.24) is 23.7 Å². The van der Waals surface area contributed by atoms with E-state index in [4.69, 9.17) is 4.74 Å². The predicted molar refractivity (Wildman–Crippen MR) is 95.9 cm³/mol. The topological polar surface area (TPSA) is 66.9 Å². The van der Waals surface area contributed by atoms with Crippen LogP contribution in [-0.4, -0.2) is 30.8 Å². The highest BCUT2D eigenvalue weighted by atomic mass is 16.5. The molecule has 0 aliphatic carbocycles. The molecule has 0 atom stereocenters. The van der Waals surface area contributed by atoms with E-state index in [1.807, 2.05) is 40.6 Å². The normalized spacial score (nSPS) is 11.4. The van der Waals surface area contributed by atoms with Gasteiger partial charge in [0.05, 0.1) is 25.3 Å². The second kappa shape index (κ2) is 6.08. The van der Waals surface area contributed by atoms with Crippen LogP contribution in [0.15, 0.2) is 48.0 Å². The van der Waals surface area contributed by atoms with E-state index in [9.17, 15) is 4.79 Å². The van der Waals surface area contributed by atoms with Crippen LogP contribution in [0.4, 0.5) is 0 Å². The molecule has 128 valence electrons. The van der Waals surface area contributed by atoms with Gasteiger partial charge in [-0.1, -0.05) is 0 Å². The first kappa shape index (κ1) is 15.4. The van der Waals surface area contributed by atoms with Gasteiger partial charge in [-0.2, -0.15) is 0 Å². The third-order valence-electron chi connectivity index (χ3n) is 4.54. The molecule has 0 saturated heterocycles. The SMILES string of the molecule is COc1ccc2c(c1)c1ncn(CCCn3ccnc3)c(=O)c1n2C. The number of aryl methyl sites for hydroxylation is 3. The maximum absolute atomic E-state index is 12.9. The standard InChI is InChI=1S/C18H19N5O2/c1-21-15-5-4-13(25-2)10-14(15)16-17(21)18(24)23(12-20-16)8-3-7-22-9-6-19-11-22/h4-6,9-12H,3,7-8H2,1-2H3. The molecule has 0 radical (unpaired) electrons. The molecule has 3 heterocycles. The Morgan fingerprint density at radius 1 is 1.20 bits per heavy atom. The Morgan fingerprint density at radius 2 is 2.08 bits per heavy atom. The largest absolute Gasteiger partial charge is 0.497 e. The molecule has 4 aromatic rings. The van der Waals surface area contributed by atoms with E-state index in [1.54, 1.807) is 30.5 Å². The van der Waals surface area contributed by atoms with Gasteiger partial charge in [0.1, 0.15) is 16.8 Å². The molecule has 0 spiro atoms. The molecule has 4 rings (SSSR count). The minimum Gasteiger partial charge on any atom is -0.497 e. The molecule has 0 amide bonds. The summed E-state index contributed by atoms with van der Waals surface area (Å²) in [6.45, 7) is 1.43. The monoisotopic (exact) mass is 337 g/mol.